The molecule has 0 amide bonds. The van der Waals surface area contributed by atoms with Gasteiger partial charge in [-0.2, -0.15) is 0 Å². The van der Waals surface area contributed by atoms with Crippen LogP contribution in [0.5, 0.6) is 0 Å². The van der Waals surface area contributed by atoms with Gasteiger partial charge < -0.3 is 0 Å². The van der Waals surface area contributed by atoms with Crippen LogP contribution in [0.4, 0.5) is 0 Å². The van der Waals surface area contributed by atoms with Crippen LogP contribution in [-0.2, 0) is 7.05 Å². The maximum absolute atomic E-state index is 5.77. The lowest BCUT2D eigenvalue weighted by Crippen LogP contribution is -1.98. The van der Waals surface area contributed by atoms with Crippen molar-refractivity contribution in [3.05, 3.63) is 21.0 Å². The molecule has 0 aliphatic heterocycles. The van der Waals surface area contributed by atoms with Crippen molar-refractivity contribution in [1.82, 2.24) is 25.0 Å². The number of aromatic nitrogens is 5. The summed E-state index contributed by atoms with van der Waals surface area (Å²) >= 11 is 14.8. The monoisotopic (exact) mass is 307 g/mol. The number of hydrogen-bond acceptors (Lipinski definition) is 4. The fraction of sp³-hybridized carbons (Fsp3) is 0.143. The van der Waals surface area contributed by atoms with Crippen molar-refractivity contribution >= 4 is 39.1 Å². The summed E-state index contributed by atoms with van der Waals surface area (Å²) in [7, 11) is 1.73. The molecule has 0 aliphatic rings. The second-order valence-electron chi connectivity index (χ2n) is 2.69. The quantitative estimate of drug-likeness (QED) is 0.759. The van der Waals surface area contributed by atoms with Crippen molar-refractivity contribution in [2.45, 2.75) is 0 Å². The van der Waals surface area contributed by atoms with Crippen molar-refractivity contribution in [2.75, 3.05) is 0 Å². The van der Waals surface area contributed by atoms with E-state index in [4.69, 9.17) is 23.2 Å². The molecule has 5 nitrogen and oxygen atoms in total. The van der Waals surface area contributed by atoms with Crippen molar-refractivity contribution in [3.8, 4) is 11.5 Å². The summed E-state index contributed by atoms with van der Waals surface area (Å²) in [6.07, 6.45) is 0. The van der Waals surface area contributed by atoms with Crippen LogP contribution in [0.3, 0.4) is 0 Å². The van der Waals surface area contributed by atoms with Crippen molar-refractivity contribution in [2.24, 2.45) is 7.05 Å². The summed E-state index contributed by atoms with van der Waals surface area (Å²) in [5, 5.41) is 8.17. The highest BCUT2D eigenvalue weighted by Gasteiger charge is 2.14. The zero-order valence-electron chi connectivity index (χ0n) is 7.45. The van der Waals surface area contributed by atoms with E-state index in [0.29, 0.717) is 16.1 Å². The smallest absolute Gasteiger partial charge is 0.183 e. The molecule has 0 radical (unpaired) electrons. The van der Waals surface area contributed by atoms with Crippen molar-refractivity contribution in [1.29, 1.82) is 0 Å². The molecule has 0 saturated carbocycles. The first-order chi connectivity index (χ1) is 7.08. The van der Waals surface area contributed by atoms with E-state index in [-0.39, 0.29) is 10.3 Å². The number of nitrogens with zero attached hydrogens (tertiary/aromatic N) is 5. The molecular weight excluding hydrogens is 305 g/mol. The Bertz CT molecular complexity index is 472. The van der Waals surface area contributed by atoms with E-state index in [1.807, 2.05) is 0 Å². The van der Waals surface area contributed by atoms with Crippen LogP contribution in [0, 0.1) is 0 Å². The Morgan fingerprint density at radius 1 is 1.27 bits per heavy atom. The molecule has 0 bridgehead atoms. The molecule has 0 N–H and O–H groups in total. The van der Waals surface area contributed by atoms with Gasteiger partial charge in [-0.1, -0.05) is 28.4 Å². The Labute approximate surface area is 104 Å². The molecule has 0 aliphatic carbocycles. The molecule has 0 aromatic carbocycles. The second-order valence-corrected chi connectivity index (χ2v) is 4.22. The Morgan fingerprint density at radius 2 is 1.87 bits per heavy atom. The topological polar surface area (TPSA) is 56.5 Å². The van der Waals surface area contributed by atoms with Crippen LogP contribution in [0.25, 0.3) is 11.5 Å². The molecule has 0 unspecified atom stereocenters. The average molecular weight is 309 g/mol. The molecule has 2 aromatic rings. The van der Waals surface area contributed by atoms with Crippen LogP contribution in [0.2, 0.25) is 10.3 Å². The molecule has 2 aromatic heterocycles. The van der Waals surface area contributed by atoms with Gasteiger partial charge in [-0.25, -0.2) is 14.6 Å². The van der Waals surface area contributed by atoms with Crippen molar-refractivity contribution in [3.63, 3.8) is 0 Å². The molecule has 78 valence electrons. The molecule has 15 heavy (non-hydrogen) atoms. The van der Waals surface area contributed by atoms with Gasteiger partial charge in [-0.3, -0.25) is 0 Å². The molecule has 2 heterocycles. The lowest BCUT2D eigenvalue weighted by molar-refractivity contribution is 0.716. The maximum atomic E-state index is 5.77. The van der Waals surface area contributed by atoms with E-state index in [0.717, 1.165) is 0 Å². The molecule has 0 atom stereocenters. The predicted octanol–water partition coefficient (Wildman–Crippen LogP) is 2.34. The average Bonchev–Trinajstić information content (AvgIpc) is 2.44. The van der Waals surface area contributed by atoms with E-state index < -0.39 is 0 Å². The molecule has 8 heteroatoms. The van der Waals surface area contributed by atoms with Gasteiger partial charge >= 0.3 is 0 Å². The van der Waals surface area contributed by atoms with E-state index in [1.165, 1.54) is 10.7 Å². The van der Waals surface area contributed by atoms with Crippen LogP contribution >= 0.6 is 39.1 Å². The molecule has 0 saturated heterocycles. The number of halogens is 3. The molecule has 0 spiro atoms. The Kier molecular flexibility index (Phi) is 2.90. The van der Waals surface area contributed by atoms with Gasteiger partial charge in [0.05, 0.1) is 0 Å². The first-order valence-corrected chi connectivity index (χ1v) is 5.38. The summed E-state index contributed by atoms with van der Waals surface area (Å²) in [5.41, 5.74) is 0.624. The second kappa shape index (κ2) is 4.03. The van der Waals surface area contributed by atoms with Gasteiger partial charge in [-0.05, 0) is 15.9 Å². The van der Waals surface area contributed by atoms with Crippen LogP contribution in [0.1, 0.15) is 0 Å². The fourth-order valence-corrected chi connectivity index (χ4v) is 1.99. The molecule has 0 fully saturated rings. The van der Waals surface area contributed by atoms with Crippen LogP contribution < -0.4 is 0 Å². The Balaban J connectivity index is 2.63. The number of hydrogen-bond donors (Lipinski definition) is 0. The van der Waals surface area contributed by atoms with E-state index in [1.54, 1.807) is 7.05 Å². The standard InChI is InChI=1S/C7H4BrCl2N5/c1-15-5(6(8)13-14-15)7-11-3(9)2-4(10)12-7/h2H,1H3. The number of aryl methyl sites for hydroxylation is 1. The zero-order valence-corrected chi connectivity index (χ0v) is 10.5. The third-order valence-corrected chi connectivity index (χ3v) is 2.58. The van der Waals surface area contributed by atoms with Gasteiger partial charge in [0.25, 0.3) is 0 Å². The predicted molar refractivity (Wildman–Crippen MR) is 59.7 cm³/mol. The Hall–Kier alpha value is -0.720. The highest BCUT2D eigenvalue weighted by atomic mass is 79.9. The van der Waals surface area contributed by atoms with Gasteiger partial charge in [-0.15, -0.1) is 5.10 Å². The van der Waals surface area contributed by atoms with E-state index >= 15 is 0 Å². The lowest BCUT2D eigenvalue weighted by Gasteiger charge is -2.01. The van der Waals surface area contributed by atoms with Crippen molar-refractivity contribution < 1.29 is 0 Å². The third-order valence-electron chi connectivity index (χ3n) is 1.66. The van der Waals surface area contributed by atoms with Crippen LogP contribution in [-0.4, -0.2) is 25.0 Å². The summed E-state index contributed by atoms with van der Waals surface area (Å²) in [5.74, 6) is 0.381. The number of rotatable bonds is 1. The minimum absolute atomic E-state index is 0.276. The minimum atomic E-state index is 0.276. The third kappa shape index (κ3) is 2.11. The SMILES string of the molecule is Cn1nnc(Br)c1-c1nc(Cl)cc(Cl)n1. The molecule has 2 rings (SSSR count). The van der Waals surface area contributed by atoms with E-state index in [2.05, 4.69) is 36.2 Å². The fourth-order valence-electron chi connectivity index (χ4n) is 1.06. The highest BCUT2D eigenvalue weighted by Crippen LogP contribution is 2.24. The highest BCUT2D eigenvalue weighted by molar-refractivity contribution is 9.10. The van der Waals surface area contributed by atoms with Gasteiger partial charge in [0, 0.05) is 13.1 Å². The summed E-state index contributed by atoms with van der Waals surface area (Å²) < 4.78 is 2.08. The van der Waals surface area contributed by atoms with Gasteiger partial charge in [0.1, 0.15) is 16.0 Å². The zero-order chi connectivity index (χ0) is 11.0. The lowest BCUT2D eigenvalue weighted by atomic mass is 10.4. The normalized spacial score (nSPS) is 10.7. The van der Waals surface area contributed by atoms with Crippen LogP contribution in [0.15, 0.2) is 10.7 Å². The van der Waals surface area contributed by atoms with E-state index in [9.17, 15) is 0 Å². The summed E-state index contributed by atoms with van der Waals surface area (Å²) in [6, 6.07) is 1.46. The van der Waals surface area contributed by atoms with Gasteiger partial charge in [0.15, 0.2) is 10.4 Å². The van der Waals surface area contributed by atoms with Gasteiger partial charge in [0.2, 0.25) is 0 Å². The summed E-state index contributed by atoms with van der Waals surface area (Å²) in [6.45, 7) is 0. The largest absolute Gasteiger partial charge is 0.243 e. The first-order valence-electron chi connectivity index (χ1n) is 3.83. The first kappa shape index (κ1) is 10.8. The maximum Gasteiger partial charge on any atom is 0.183 e. The Morgan fingerprint density at radius 3 is 2.33 bits per heavy atom. The summed E-state index contributed by atoms with van der Waals surface area (Å²) in [4.78, 5) is 8.07. The minimum Gasteiger partial charge on any atom is -0.243 e. The molecular formula is C7H4BrCl2N5.